The van der Waals surface area contributed by atoms with Crippen molar-refractivity contribution in [2.45, 2.75) is 46.6 Å². The van der Waals surface area contributed by atoms with Crippen LogP contribution in [0.4, 0.5) is 0 Å². The van der Waals surface area contributed by atoms with Crippen LogP contribution in [0.3, 0.4) is 0 Å². The molecule has 0 atom stereocenters. The fraction of sp³-hybridized carbons (Fsp3) is 0.280. The molecule has 3 heterocycles. The molecule has 0 saturated heterocycles. The van der Waals surface area contributed by atoms with E-state index in [-0.39, 0.29) is 11.3 Å². The Kier molecular flexibility index (Phi) is 5.58. The maximum Gasteiger partial charge on any atom is 0.289 e. The van der Waals surface area contributed by atoms with Crippen molar-refractivity contribution in [1.82, 2.24) is 14.5 Å². The monoisotopic (exact) mass is 430 g/mol. The molecule has 4 rings (SSSR count). The number of rotatable bonds is 3. The number of pyridine rings is 1. The molecule has 0 aliphatic rings. The van der Waals surface area contributed by atoms with Gasteiger partial charge in [0.2, 0.25) is 0 Å². The van der Waals surface area contributed by atoms with Crippen LogP contribution < -0.4 is 5.49 Å². The second-order valence-corrected chi connectivity index (χ2v) is 9.71. The van der Waals surface area contributed by atoms with Crippen molar-refractivity contribution >= 4 is 27.5 Å². The predicted molar refractivity (Wildman–Crippen MR) is 125 cm³/mol. The second-order valence-electron chi connectivity index (χ2n) is 8.71. The van der Waals surface area contributed by atoms with Crippen molar-refractivity contribution in [2.75, 3.05) is 0 Å². The minimum Gasteiger partial charge on any atom is -0.328 e. The van der Waals surface area contributed by atoms with E-state index in [4.69, 9.17) is 9.97 Å². The summed E-state index contributed by atoms with van der Waals surface area (Å²) in [4.78, 5) is 28.6. The molecular weight excluding hydrogens is 404 g/mol. The van der Waals surface area contributed by atoms with E-state index < -0.39 is 0 Å². The van der Waals surface area contributed by atoms with Crippen LogP contribution in [0.15, 0.2) is 59.7 Å². The van der Waals surface area contributed by atoms with Gasteiger partial charge in [0.1, 0.15) is 21.0 Å². The van der Waals surface area contributed by atoms with E-state index in [9.17, 15) is 4.79 Å². The molecule has 158 valence electrons. The molecule has 3 aromatic heterocycles. The first kappa shape index (κ1) is 21.1. The van der Waals surface area contributed by atoms with Crippen molar-refractivity contribution < 1.29 is 4.79 Å². The van der Waals surface area contributed by atoms with Crippen molar-refractivity contribution in [3.63, 3.8) is 0 Å². The number of carbonyl (C=O) groups excluding carboxylic acids is 1. The van der Waals surface area contributed by atoms with Crippen LogP contribution in [0.5, 0.6) is 0 Å². The average molecular weight is 431 g/mol. The van der Waals surface area contributed by atoms with Gasteiger partial charge in [0.15, 0.2) is 0 Å². The first-order valence-corrected chi connectivity index (χ1v) is 11.1. The Morgan fingerprint density at radius 1 is 1.03 bits per heavy atom. The van der Waals surface area contributed by atoms with Gasteiger partial charge < -0.3 is 4.57 Å². The molecule has 1 aromatic carbocycles. The summed E-state index contributed by atoms with van der Waals surface area (Å²) in [5.74, 6) is 0.545. The molecular formula is C25H26N4OS. The van der Waals surface area contributed by atoms with E-state index >= 15 is 0 Å². The summed E-state index contributed by atoms with van der Waals surface area (Å²) in [6.45, 7) is 10.9. The molecule has 0 radical (unpaired) electrons. The highest BCUT2D eigenvalue weighted by Crippen LogP contribution is 2.33. The number of hydrogen-bond donors (Lipinski definition) is 0. The van der Waals surface area contributed by atoms with Gasteiger partial charge in [-0.15, -0.1) is 11.3 Å². The molecule has 0 aliphatic carbocycles. The van der Waals surface area contributed by atoms with Crippen molar-refractivity contribution in [1.29, 1.82) is 0 Å². The first-order chi connectivity index (χ1) is 14.7. The predicted octanol–water partition coefficient (Wildman–Crippen LogP) is 5.20. The van der Waals surface area contributed by atoms with Crippen LogP contribution in [-0.2, 0) is 12.0 Å². The van der Waals surface area contributed by atoms with Crippen LogP contribution >= 0.6 is 11.3 Å². The number of amides is 1. The van der Waals surface area contributed by atoms with Gasteiger partial charge in [-0.05, 0) is 37.1 Å². The molecule has 31 heavy (non-hydrogen) atoms. The molecule has 0 aliphatic heterocycles. The molecule has 6 heteroatoms. The van der Waals surface area contributed by atoms with E-state index in [0.717, 1.165) is 32.9 Å². The van der Waals surface area contributed by atoms with Gasteiger partial charge in [0.05, 0.1) is 5.69 Å². The van der Waals surface area contributed by atoms with Gasteiger partial charge in [-0.25, -0.2) is 9.97 Å². The zero-order valence-electron chi connectivity index (χ0n) is 18.5. The van der Waals surface area contributed by atoms with Gasteiger partial charge in [-0.1, -0.05) is 57.2 Å². The van der Waals surface area contributed by atoms with Crippen molar-refractivity contribution in [3.8, 4) is 0 Å². The Labute approximate surface area is 186 Å². The highest BCUT2D eigenvalue weighted by Gasteiger charge is 2.23. The lowest BCUT2D eigenvalue weighted by molar-refractivity contribution is 0.100. The Balaban J connectivity index is 1.77. The number of aryl methyl sites for hydroxylation is 2. The normalized spacial score (nSPS) is 12.5. The van der Waals surface area contributed by atoms with Crippen LogP contribution in [-0.4, -0.2) is 20.4 Å². The lowest BCUT2D eigenvalue weighted by Crippen LogP contribution is -2.22. The SMILES string of the molecule is Cc1nc(C(C)(C)C)nc2sc(C(=O)N=c3ccccn3Cc3ccccc3)c(C)c12. The fourth-order valence-electron chi connectivity index (χ4n) is 3.52. The number of benzene rings is 1. The standard InChI is InChI=1S/C25H26N4OS/c1-16-20-17(2)26-24(25(3,4)5)28-23(20)31-21(16)22(30)27-19-13-9-10-14-29(19)15-18-11-7-6-8-12-18/h6-14H,15H2,1-5H3. The minimum absolute atomic E-state index is 0.154. The topological polar surface area (TPSA) is 60.1 Å². The summed E-state index contributed by atoms with van der Waals surface area (Å²) in [6, 6.07) is 15.9. The smallest absolute Gasteiger partial charge is 0.289 e. The maximum atomic E-state index is 13.2. The summed E-state index contributed by atoms with van der Waals surface area (Å²) in [5, 5.41) is 0.960. The van der Waals surface area contributed by atoms with Crippen LogP contribution in [0.2, 0.25) is 0 Å². The number of aromatic nitrogens is 3. The Bertz CT molecular complexity index is 1330. The van der Waals surface area contributed by atoms with Crippen molar-refractivity contribution in [3.05, 3.63) is 87.7 Å². The quantitative estimate of drug-likeness (QED) is 0.449. The molecule has 0 N–H and O–H groups in total. The fourth-order valence-corrected chi connectivity index (χ4v) is 4.63. The Morgan fingerprint density at radius 3 is 2.45 bits per heavy atom. The second kappa shape index (κ2) is 8.19. The number of hydrogen-bond acceptors (Lipinski definition) is 4. The Morgan fingerprint density at radius 2 is 1.74 bits per heavy atom. The van der Waals surface area contributed by atoms with Crippen LogP contribution in [0, 0.1) is 13.8 Å². The van der Waals surface area contributed by atoms with E-state index in [0.29, 0.717) is 16.9 Å². The van der Waals surface area contributed by atoms with Crippen LogP contribution in [0.1, 0.15) is 53.1 Å². The number of nitrogens with zero attached hydrogens (tertiary/aromatic N) is 4. The zero-order chi connectivity index (χ0) is 22.2. The highest BCUT2D eigenvalue weighted by molar-refractivity contribution is 7.20. The van der Waals surface area contributed by atoms with Gasteiger partial charge in [0.25, 0.3) is 5.91 Å². The van der Waals surface area contributed by atoms with Gasteiger partial charge in [-0.2, -0.15) is 4.99 Å². The number of fused-ring (bicyclic) bond motifs is 1. The van der Waals surface area contributed by atoms with Gasteiger partial charge >= 0.3 is 0 Å². The maximum absolute atomic E-state index is 13.2. The van der Waals surface area contributed by atoms with Gasteiger partial charge in [-0.3, -0.25) is 4.79 Å². The third-order valence-corrected chi connectivity index (χ3v) is 6.34. The largest absolute Gasteiger partial charge is 0.328 e. The van der Waals surface area contributed by atoms with E-state index in [1.807, 2.05) is 61.0 Å². The molecule has 0 saturated carbocycles. The molecule has 1 amide bonds. The molecule has 0 spiro atoms. The Hall–Kier alpha value is -3.12. The summed E-state index contributed by atoms with van der Waals surface area (Å²) in [6.07, 6.45) is 1.95. The summed E-state index contributed by atoms with van der Waals surface area (Å²) < 4.78 is 1.98. The van der Waals surface area contributed by atoms with Crippen molar-refractivity contribution in [2.24, 2.45) is 4.99 Å². The summed E-state index contributed by atoms with van der Waals surface area (Å²) >= 11 is 1.40. The van der Waals surface area contributed by atoms with E-state index in [2.05, 4.69) is 37.9 Å². The molecule has 5 nitrogen and oxygen atoms in total. The molecule has 0 unspecified atom stereocenters. The average Bonchev–Trinajstić information content (AvgIpc) is 3.07. The zero-order valence-corrected chi connectivity index (χ0v) is 19.3. The van der Waals surface area contributed by atoms with E-state index in [1.165, 1.54) is 11.3 Å². The third-order valence-electron chi connectivity index (χ3n) is 5.16. The molecule has 0 fully saturated rings. The lowest BCUT2D eigenvalue weighted by atomic mass is 9.95. The number of thiophene rings is 1. The summed E-state index contributed by atoms with van der Waals surface area (Å²) in [5.41, 5.74) is 3.43. The lowest BCUT2D eigenvalue weighted by Gasteiger charge is -2.16. The van der Waals surface area contributed by atoms with Crippen LogP contribution in [0.25, 0.3) is 10.2 Å². The third kappa shape index (κ3) is 4.35. The van der Waals surface area contributed by atoms with E-state index in [1.54, 1.807) is 0 Å². The summed E-state index contributed by atoms with van der Waals surface area (Å²) in [7, 11) is 0. The first-order valence-electron chi connectivity index (χ1n) is 10.3. The number of carbonyl (C=O) groups is 1. The highest BCUT2D eigenvalue weighted by atomic mass is 32.1. The van der Waals surface area contributed by atoms with Gasteiger partial charge in [0, 0.05) is 23.5 Å². The minimum atomic E-state index is -0.245. The molecule has 4 aromatic rings. The molecule has 0 bridgehead atoms.